The standard InChI is InChI=1S/C9H12FNO2/c1-6-5-8(9(12)13)7(2)11(6)4-3-10/h5H,3-4H2,1-2H3,(H,12,13). The normalized spacial score (nSPS) is 10.4. The van der Waals surface area contributed by atoms with Crippen LogP contribution in [0.5, 0.6) is 0 Å². The summed E-state index contributed by atoms with van der Waals surface area (Å²) in [7, 11) is 0. The Labute approximate surface area is 75.8 Å². The second-order valence-corrected chi connectivity index (χ2v) is 2.93. The minimum absolute atomic E-state index is 0.227. The first-order valence-corrected chi connectivity index (χ1v) is 4.04. The van der Waals surface area contributed by atoms with Gasteiger partial charge in [-0.1, -0.05) is 0 Å². The second kappa shape index (κ2) is 3.60. The minimum atomic E-state index is -0.960. The number of rotatable bonds is 3. The summed E-state index contributed by atoms with van der Waals surface area (Å²) in [6, 6.07) is 1.56. The first kappa shape index (κ1) is 9.77. The molecule has 1 rings (SSSR count). The van der Waals surface area contributed by atoms with Crippen LogP contribution < -0.4 is 0 Å². The summed E-state index contributed by atoms with van der Waals surface area (Å²) in [6.45, 7) is 3.21. The second-order valence-electron chi connectivity index (χ2n) is 2.93. The molecule has 0 aliphatic heterocycles. The van der Waals surface area contributed by atoms with Crippen LogP contribution in [0.2, 0.25) is 0 Å². The van der Waals surface area contributed by atoms with E-state index in [4.69, 9.17) is 5.11 Å². The van der Waals surface area contributed by atoms with Crippen molar-refractivity contribution in [2.75, 3.05) is 6.67 Å². The number of nitrogens with zero attached hydrogens (tertiary/aromatic N) is 1. The van der Waals surface area contributed by atoms with Crippen molar-refractivity contribution in [1.82, 2.24) is 4.57 Å². The average Bonchev–Trinajstić information content (AvgIpc) is 2.32. The lowest BCUT2D eigenvalue weighted by Gasteiger charge is -2.05. The summed E-state index contributed by atoms with van der Waals surface area (Å²) in [5.41, 5.74) is 1.65. The highest BCUT2D eigenvalue weighted by atomic mass is 19.1. The Morgan fingerprint density at radius 3 is 2.62 bits per heavy atom. The Morgan fingerprint density at radius 1 is 1.62 bits per heavy atom. The smallest absolute Gasteiger partial charge is 0.337 e. The third-order valence-electron chi connectivity index (χ3n) is 2.11. The van der Waals surface area contributed by atoms with Gasteiger partial charge >= 0.3 is 5.97 Å². The zero-order valence-electron chi connectivity index (χ0n) is 7.67. The predicted molar refractivity (Wildman–Crippen MR) is 46.8 cm³/mol. The number of hydrogen-bond acceptors (Lipinski definition) is 1. The molecule has 0 aliphatic carbocycles. The molecule has 3 nitrogen and oxygen atoms in total. The summed E-state index contributed by atoms with van der Waals surface area (Å²) >= 11 is 0. The molecule has 0 unspecified atom stereocenters. The van der Waals surface area contributed by atoms with E-state index in [0.717, 1.165) is 5.69 Å². The lowest BCUT2D eigenvalue weighted by atomic mass is 10.2. The van der Waals surface area contributed by atoms with Crippen molar-refractivity contribution in [3.05, 3.63) is 23.0 Å². The van der Waals surface area contributed by atoms with E-state index in [1.165, 1.54) is 0 Å². The predicted octanol–water partition coefficient (Wildman–Crippen LogP) is 1.77. The van der Waals surface area contributed by atoms with Crippen LogP contribution in [0.3, 0.4) is 0 Å². The third-order valence-corrected chi connectivity index (χ3v) is 2.11. The Balaban J connectivity index is 3.14. The molecule has 4 heteroatoms. The highest BCUT2D eigenvalue weighted by Gasteiger charge is 2.13. The maximum Gasteiger partial charge on any atom is 0.337 e. The number of hydrogen-bond donors (Lipinski definition) is 1. The number of carbonyl (C=O) groups is 1. The van der Waals surface area contributed by atoms with Gasteiger partial charge in [-0.05, 0) is 19.9 Å². The molecule has 1 aromatic rings. The van der Waals surface area contributed by atoms with E-state index in [1.807, 2.05) is 0 Å². The number of carboxylic acid groups (broad SMARTS) is 1. The van der Waals surface area contributed by atoms with Gasteiger partial charge in [0, 0.05) is 11.4 Å². The Bertz CT molecular complexity index is 331. The number of alkyl halides is 1. The molecule has 0 amide bonds. The molecule has 13 heavy (non-hydrogen) atoms. The van der Waals surface area contributed by atoms with Crippen LogP contribution in [0.4, 0.5) is 4.39 Å². The summed E-state index contributed by atoms with van der Waals surface area (Å²) < 4.78 is 13.8. The minimum Gasteiger partial charge on any atom is -0.478 e. The van der Waals surface area contributed by atoms with Crippen molar-refractivity contribution in [2.45, 2.75) is 20.4 Å². The van der Waals surface area contributed by atoms with Gasteiger partial charge in [0.15, 0.2) is 0 Å². The molecule has 0 radical (unpaired) electrons. The maximum atomic E-state index is 12.1. The number of carboxylic acids is 1. The third kappa shape index (κ3) is 1.71. The lowest BCUT2D eigenvalue weighted by Crippen LogP contribution is -2.05. The Hall–Kier alpha value is -1.32. The fourth-order valence-corrected chi connectivity index (χ4v) is 1.45. The van der Waals surface area contributed by atoms with Gasteiger partial charge in [0.2, 0.25) is 0 Å². The van der Waals surface area contributed by atoms with Gasteiger partial charge in [-0.2, -0.15) is 0 Å². The molecular formula is C9H12FNO2. The monoisotopic (exact) mass is 185 g/mol. The molecule has 0 aliphatic rings. The number of aromatic nitrogens is 1. The van der Waals surface area contributed by atoms with E-state index in [9.17, 15) is 9.18 Å². The van der Waals surface area contributed by atoms with Crippen molar-refractivity contribution in [3.63, 3.8) is 0 Å². The summed E-state index contributed by atoms with van der Waals surface area (Å²) in [6.07, 6.45) is 0. The van der Waals surface area contributed by atoms with Crippen LogP contribution >= 0.6 is 0 Å². The SMILES string of the molecule is Cc1cc(C(=O)O)c(C)n1CCF. The van der Waals surface area contributed by atoms with Crippen molar-refractivity contribution in [1.29, 1.82) is 0 Å². The molecule has 0 fully saturated rings. The molecule has 72 valence electrons. The van der Waals surface area contributed by atoms with E-state index in [1.54, 1.807) is 24.5 Å². The van der Waals surface area contributed by atoms with E-state index in [2.05, 4.69) is 0 Å². The molecule has 0 spiro atoms. The average molecular weight is 185 g/mol. The van der Waals surface area contributed by atoms with Gasteiger partial charge in [0.1, 0.15) is 6.67 Å². The molecule has 0 aromatic carbocycles. The van der Waals surface area contributed by atoms with Gasteiger partial charge in [-0.3, -0.25) is 0 Å². The Kier molecular flexibility index (Phi) is 2.70. The summed E-state index contributed by atoms with van der Waals surface area (Å²) in [5, 5.41) is 8.76. The zero-order chi connectivity index (χ0) is 10.0. The molecule has 0 saturated carbocycles. The first-order valence-electron chi connectivity index (χ1n) is 4.04. The van der Waals surface area contributed by atoms with E-state index >= 15 is 0 Å². The van der Waals surface area contributed by atoms with Crippen LogP contribution in [0.15, 0.2) is 6.07 Å². The largest absolute Gasteiger partial charge is 0.478 e. The van der Waals surface area contributed by atoms with Crippen LogP contribution in [0.1, 0.15) is 21.7 Å². The molecular weight excluding hydrogens is 173 g/mol. The number of aromatic carboxylic acids is 1. The molecule has 1 N–H and O–H groups in total. The first-order chi connectivity index (χ1) is 6.07. The molecule has 0 saturated heterocycles. The van der Waals surface area contributed by atoms with Gasteiger partial charge in [0.05, 0.1) is 12.1 Å². The highest BCUT2D eigenvalue weighted by Crippen LogP contribution is 2.14. The van der Waals surface area contributed by atoms with Gasteiger partial charge < -0.3 is 9.67 Å². The molecule has 1 aromatic heterocycles. The Morgan fingerprint density at radius 2 is 2.23 bits per heavy atom. The maximum absolute atomic E-state index is 12.1. The van der Waals surface area contributed by atoms with Crippen molar-refractivity contribution in [2.24, 2.45) is 0 Å². The van der Waals surface area contributed by atoms with Crippen molar-refractivity contribution >= 4 is 5.97 Å². The van der Waals surface area contributed by atoms with Crippen molar-refractivity contribution < 1.29 is 14.3 Å². The van der Waals surface area contributed by atoms with Crippen LogP contribution in [0, 0.1) is 13.8 Å². The molecule has 0 bridgehead atoms. The van der Waals surface area contributed by atoms with Crippen LogP contribution in [-0.4, -0.2) is 22.3 Å². The highest BCUT2D eigenvalue weighted by molar-refractivity contribution is 5.89. The lowest BCUT2D eigenvalue weighted by molar-refractivity contribution is 0.0696. The molecule has 1 heterocycles. The fourth-order valence-electron chi connectivity index (χ4n) is 1.45. The van der Waals surface area contributed by atoms with Crippen LogP contribution in [-0.2, 0) is 6.54 Å². The van der Waals surface area contributed by atoms with E-state index in [-0.39, 0.29) is 12.1 Å². The van der Waals surface area contributed by atoms with E-state index < -0.39 is 12.6 Å². The van der Waals surface area contributed by atoms with Gasteiger partial charge in [-0.15, -0.1) is 0 Å². The van der Waals surface area contributed by atoms with E-state index in [0.29, 0.717) is 5.69 Å². The summed E-state index contributed by atoms with van der Waals surface area (Å²) in [4.78, 5) is 10.7. The number of halogens is 1. The quantitative estimate of drug-likeness (QED) is 0.779. The summed E-state index contributed by atoms with van der Waals surface area (Å²) in [5.74, 6) is -0.960. The van der Waals surface area contributed by atoms with Gasteiger partial charge in [0.25, 0.3) is 0 Å². The topological polar surface area (TPSA) is 42.2 Å². The zero-order valence-corrected chi connectivity index (χ0v) is 7.67. The number of aryl methyl sites for hydroxylation is 1. The fraction of sp³-hybridized carbons (Fsp3) is 0.444. The van der Waals surface area contributed by atoms with Gasteiger partial charge in [-0.25, -0.2) is 9.18 Å². The molecule has 0 atom stereocenters. The van der Waals surface area contributed by atoms with Crippen molar-refractivity contribution in [3.8, 4) is 0 Å². The van der Waals surface area contributed by atoms with Crippen LogP contribution in [0.25, 0.3) is 0 Å².